The Bertz CT molecular complexity index is 652. The van der Waals surface area contributed by atoms with Crippen molar-refractivity contribution in [1.82, 2.24) is 0 Å². The molecule has 128 valence electrons. The maximum atomic E-state index is 9.39. The van der Waals surface area contributed by atoms with E-state index in [9.17, 15) is 5.11 Å². The van der Waals surface area contributed by atoms with Gasteiger partial charge in [-0.25, -0.2) is 0 Å². The molecule has 0 spiro atoms. The SMILES string of the molecule is COc1ccc(NCc2ccc(N3CCOCC3)cc2)cc1CO. The summed E-state index contributed by atoms with van der Waals surface area (Å²) in [4.78, 5) is 2.34. The number of hydrogen-bond acceptors (Lipinski definition) is 5. The van der Waals surface area contributed by atoms with Crippen LogP contribution >= 0.6 is 0 Å². The Kier molecular flexibility index (Phi) is 5.56. The molecule has 0 bridgehead atoms. The van der Waals surface area contributed by atoms with Crippen molar-refractivity contribution in [3.8, 4) is 5.75 Å². The number of rotatable bonds is 6. The number of aliphatic hydroxyl groups excluding tert-OH is 1. The van der Waals surface area contributed by atoms with Crippen molar-refractivity contribution in [2.24, 2.45) is 0 Å². The Morgan fingerprint density at radius 3 is 2.54 bits per heavy atom. The Balaban J connectivity index is 1.60. The van der Waals surface area contributed by atoms with Crippen LogP contribution in [0.4, 0.5) is 11.4 Å². The summed E-state index contributed by atoms with van der Waals surface area (Å²) in [5.74, 6) is 0.706. The molecule has 0 atom stereocenters. The lowest BCUT2D eigenvalue weighted by Gasteiger charge is -2.28. The highest BCUT2D eigenvalue weighted by atomic mass is 16.5. The second kappa shape index (κ2) is 8.04. The first-order chi connectivity index (χ1) is 11.8. The van der Waals surface area contributed by atoms with Crippen LogP contribution in [0.15, 0.2) is 42.5 Å². The summed E-state index contributed by atoms with van der Waals surface area (Å²) in [6.07, 6.45) is 0. The summed E-state index contributed by atoms with van der Waals surface area (Å²) in [5, 5.41) is 12.8. The highest BCUT2D eigenvalue weighted by molar-refractivity contribution is 5.52. The Labute approximate surface area is 142 Å². The van der Waals surface area contributed by atoms with E-state index in [-0.39, 0.29) is 6.61 Å². The first kappa shape index (κ1) is 16.6. The molecular weight excluding hydrogens is 304 g/mol. The van der Waals surface area contributed by atoms with E-state index in [0.29, 0.717) is 5.75 Å². The minimum absolute atomic E-state index is 0.0348. The van der Waals surface area contributed by atoms with Crippen molar-refractivity contribution < 1.29 is 14.6 Å². The molecule has 5 heteroatoms. The molecule has 1 fully saturated rings. The molecule has 2 aromatic carbocycles. The normalized spacial score (nSPS) is 14.5. The summed E-state index contributed by atoms with van der Waals surface area (Å²) >= 11 is 0. The fourth-order valence-electron chi connectivity index (χ4n) is 2.86. The van der Waals surface area contributed by atoms with Crippen molar-refractivity contribution in [2.45, 2.75) is 13.2 Å². The number of nitrogens with zero attached hydrogens (tertiary/aromatic N) is 1. The molecule has 0 radical (unpaired) electrons. The van der Waals surface area contributed by atoms with Crippen LogP contribution in [0.25, 0.3) is 0 Å². The van der Waals surface area contributed by atoms with E-state index in [4.69, 9.17) is 9.47 Å². The molecule has 0 unspecified atom stereocenters. The molecule has 0 aliphatic carbocycles. The van der Waals surface area contributed by atoms with Gasteiger partial charge in [0.25, 0.3) is 0 Å². The van der Waals surface area contributed by atoms with Crippen molar-refractivity contribution in [2.75, 3.05) is 43.6 Å². The molecule has 3 rings (SSSR count). The van der Waals surface area contributed by atoms with Gasteiger partial charge >= 0.3 is 0 Å². The minimum atomic E-state index is -0.0348. The van der Waals surface area contributed by atoms with E-state index in [1.165, 1.54) is 11.3 Å². The second-order valence-electron chi connectivity index (χ2n) is 5.80. The zero-order valence-corrected chi connectivity index (χ0v) is 14.0. The maximum Gasteiger partial charge on any atom is 0.124 e. The highest BCUT2D eigenvalue weighted by Crippen LogP contribution is 2.23. The third kappa shape index (κ3) is 3.99. The van der Waals surface area contributed by atoms with Crippen molar-refractivity contribution in [3.63, 3.8) is 0 Å². The van der Waals surface area contributed by atoms with Crippen LogP contribution in [0.1, 0.15) is 11.1 Å². The van der Waals surface area contributed by atoms with Crippen molar-refractivity contribution >= 4 is 11.4 Å². The predicted molar refractivity (Wildman–Crippen MR) is 95.7 cm³/mol. The van der Waals surface area contributed by atoms with Gasteiger partial charge in [-0.2, -0.15) is 0 Å². The van der Waals surface area contributed by atoms with Gasteiger partial charge in [0.05, 0.1) is 26.9 Å². The fraction of sp³-hybridized carbons (Fsp3) is 0.368. The van der Waals surface area contributed by atoms with E-state index in [1.807, 2.05) is 18.2 Å². The summed E-state index contributed by atoms with van der Waals surface area (Å²) < 4.78 is 10.6. The zero-order valence-electron chi connectivity index (χ0n) is 14.0. The third-order valence-electron chi connectivity index (χ3n) is 4.26. The monoisotopic (exact) mass is 328 g/mol. The maximum absolute atomic E-state index is 9.39. The number of methoxy groups -OCH3 is 1. The van der Waals surface area contributed by atoms with E-state index in [2.05, 4.69) is 34.5 Å². The van der Waals surface area contributed by atoms with Gasteiger partial charge in [0, 0.05) is 36.6 Å². The third-order valence-corrected chi connectivity index (χ3v) is 4.26. The number of anilines is 2. The van der Waals surface area contributed by atoms with E-state index in [0.717, 1.165) is 44.1 Å². The molecule has 1 aliphatic heterocycles. The number of aliphatic hydroxyl groups is 1. The number of hydrogen-bond donors (Lipinski definition) is 2. The number of morpholine rings is 1. The molecule has 0 saturated carbocycles. The van der Waals surface area contributed by atoms with Gasteiger partial charge < -0.3 is 24.8 Å². The molecule has 24 heavy (non-hydrogen) atoms. The summed E-state index contributed by atoms with van der Waals surface area (Å²) in [6, 6.07) is 14.4. The summed E-state index contributed by atoms with van der Waals surface area (Å²) in [7, 11) is 1.61. The highest BCUT2D eigenvalue weighted by Gasteiger charge is 2.10. The lowest BCUT2D eigenvalue weighted by atomic mass is 10.1. The van der Waals surface area contributed by atoms with Gasteiger partial charge in [0.15, 0.2) is 0 Å². The first-order valence-electron chi connectivity index (χ1n) is 8.23. The molecule has 1 aliphatic rings. The fourth-order valence-corrected chi connectivity index (χ4v) is 2.86. The van der Waals surface area contributed by atoms with Gasteiger partial charge in [0.2, 0.25) is 0 Å². The standard InChI is InChI=1S/C19H24N2O3/c1-23-19-7-4-17(12-16(19)14-22)20-13-15-2-5-18(6-3-15)21-8-10-24-11-9-21/h2-7,12,20,22H,8-11,13-14H2,1H3. The summed E-state index contributed by atoms with van der Waals surface area (Å²) in [6.45, 7) is 4.20. The van der Waals surface area contributed by atoms with Crippen LogP contribution in [0, 0.1) is 0 Å². The average Bonchev–Trinajstić information content (AvgIpc) is 2.67. The van der Waals surface area contributed by atoms with Crippen LogP contribution in [0.5, 0.6) is 5.75 Å². The average molecular weight is 328 g/mol. The number of ether oxygens (including phenoxy) is 2. The Morgan fingerprint density at radius 2 is 1.88 bits per heavy atom. The Morgan fingerprint density at radius 1 is 1.12 bits per heavy atom. The molecule has 1 saturated heterocycles. The van der Waals surface area contributed by atoms with E-state index >= 15 is 0 Å². The molecule has 2 N–H and O–H groups in total. The van der Waals surface area contributed by atoms with Crippen LogP contribution in [0.3, 0.4) is 0 Å². The lowest BCUT2D eigenvalue weighted by molar-refractivity contribution is 0.122. The van der Waals surface area contributed by atoms with Crippen molar-refractivity contribution in [1.29, 1.82) is 0 Å². The molecule has 0 amide bonds. The quantitative estimate of drug-likeness (QED) is 0.854. The minimum Gasteiger partial charge on any atom is -0.496 e. The van der Waals surface area contributed by atoms with Crippen LogP contribution < -0.4 is 15.0 Å². The van der Waals surface area contributed by atoms with Crippen LogP contribution in [0.2, 0.25) is 0 Å². The number of benzene rings is 2. The van der Waals surface area contributed by atoms with Crippen LogP contribution in [-0.2, 0) is 17.9 Å². The smallest absolute Gasteiger partial charge is 0.124 e. The van der Waals surface area contributed by atoms with Crippen LogP contribution in [-0.4, -0.2) is 38.5 Å². The summed E-state index contributed by atoms with van der Waals surface area (Å²) in [5.41, 5.74) is 4.21. The molecule has 2 aromatic rings. The molecule has 5 nitrogen and oxygen atoms in total. The molecule has 0 aromatic heterocycles. The molecule has 1 heterocycles. The Hall–Kier alpha value is -2.24. The topological polar surface area (TPSA) is 54.0 Å². The lowest BCUT2D eigenvalue weighted by Crippen LogP contribution is -2.36. The van der Waals surface area contributed by atoms with Crippen molar-refractivity contribution in [3.05, 3.63) is 53.6 Å². The van der Waals surface area contributed by atoms with E-state index in [1.54, 1.807) is 7.11 Å². The molecular formula is C19H24N2O3. The first-order valence-corrected chi connectivity index (χ1v) is 8.23. The zero-order chi connectivity index (χ0) is 16.8. The second-order valence-corrected chi connectivity index (χ2v) is 5.80. The van der Waals surface area contributed by atoms with E-state index < -0.39 is 0 Å². The predicted octanol–water partition coefficient (Wildman–Crippen LogP) is 2.64. The van der Waals surface area contributed by atoms with Gasteiger partial charge in [-0.05, 0) is 35.9 Å². The van der Waals surface area contributed by atoms with Gasteiger partial charge in [0.1, 0.15) is 5.75 Å². The largest absolute Gasteiger partial charge is 0.496 e. The van der Waals surface area contributed by atoms with Gasteiger partial charge in [-0.1, -0.05) is 12.1 Å². The van der Waals surface area contributed by atoms with Gasteiger partial charge in [-0.3, -0.25) is 0 Å². The number of nitrogens with one attached hydrogen (secondary N) is 1. The van der Waals surface area contributed by atoms with Gasteiger partial charge in [-0.15, -0.1) is 0 Å².